The minimum absolute atomic E-state index is 0.0114. The van der Waals surface area contributed by atoms with Crippen molar-refractivity contribution in [2.45, 2.75) is 13.0 Å². The van der Waals surface area contributed by atoms with E-state index in [1.165, 1.54) is 6.07 Å². The molecule has 0 heterocycles. The standard InChI is InChI=1S/C15H14BrFN2S/c1-10(11-6-2-3-7-12(11)16)18-15(20)19-14-9-5-4-8-13(14)17/h2-10H,1H3,(H2,18,19,20)/t10-/m0/s1. The lowest BCUT2D eigenvalue weighted by Crippen LogP contribution is -2.31. The Morgan fingerprint density at radius 1 is 1.15 bits per heavy atom. The maximum absolute atomic E-state index is 13.5. The summed E-state index contributed by atoms with van der Waals surface area (Å²) in [5.41, 5.74) is 1.45. The quantitative estimate of drug-likeness (QED) is 0.787. The zero-order chi connectivity index (χ0) is 14.5. The first kappa shape index (κ1) is 14.9. The van der Waals surface area contributed by atoms with Crippen molar-refractivity contribution in [1.29, 1.82) is 0 Å². The monoisotopic (exact) mass is 352 g/mol. The Hall–Kier alpha value is -1.46. The van der Waals surface area contributed by atoms with E-state index in [1.807, 2.05) is 31.2 Å². The fourth-order valence-corrected chi connectivity index (χ4v) is 2.74. The van der Waals surface area contributed by atoms with Crippen LogP contribution in [0.4, 0.5) is 10.1 Å². The smallest absolute Gasteiger partial charge is 0.171 e. The highest BCUT2D eigenvalue weighted by molar-refractivity contribution is 9.10. The second-order valence-electron chi connectivity index (χ2n) is 4.32. The Labute approximate surface area is 131 Å². The van der Waals surface area contributed by atoms with Crippen molar-refractivity contribution < 1.29 is 4.39 Å². The molecule has 0 spiro atoms. The number of thiocarbonyl (C=S) groups is 1. The molecule has 0 radical (unpaired) electrons. The molecule has 0 saturated carbocycles. The third-order valence-electron chi connectivity index (χ3n) is 2.84. The lowest BCUT2D eigenvalue weighted by Gasteiger charge is -2.18. The number of benzene rings is 2. The molecule has 0 amide bonds. The lowest BCUT2D eigenvalue weighted by molar-refractivity contribution is 0.631. The summed E-state index contributed by atoms with van der Waals surface area (Å²) in [6.45, 7) is 2.00. The van der Waals surface area contributed by atoms with E-state index in [0.717, 1.165) is 10.0 Å². The third kappa shape index (κ3) is 3.77. The number of hydrogen-bond donors (Lipinski definition) is 2. The van der Waals surface area contributed by atoms with Crippen LogP contribution >= 0.6 is 28.1 Å². The van der Waals surface area contributed by atoms with Crippen molar-refractivity contribution in [3.63, 3.8) is 0 Å². The summed E-state index contributed by atoms with van der Waals surface area (Å²) in [7, 11) is 0. The minimum atomic E-state index is -0.329. The number of hydrogen-bond acceptors (Lipinski definition) is 1. The van der Waals surface area contributed by atoms with Gasteiger partial charge in [0, 0.05) is 4.47 Å². The van der Waals surface area contributed by atoms with Crippen molar-refractivity contribution >= 4 is 38.9 Å². The maximum Gasteiger partial charge on any atom is 0.171 e. The van der Waals surface area contributed by atoms with Crippen LogP contribution in [-0.2, 0) is 0 Å². The van der Waals surface area contributed by atoms with Crippen LogP contribution in [-0.4, -0.2) is 5.11 Å². The largest absolute Gasteiger partial charge is 0.356 e. The molecule has 0 aromatic heterocycles. The highest BCUT2D eigenvalue weighted by atomic mass is 79.9. The Bertz CT molecular complexity index is 618. The van der Waals surface area contributed by atoms with E-state index < -0.39 is 0 Å². The minimum Gasteiger partial charge on any atom is -0.356 e. The van der Waals surface area contributed by atoms with Crippen molar-refractivity contribution in [2.75, 3.05) is 5.32 Å². The summed E-state index contributed by atoms with van der Waals surface area (Å²) >= 11 is 8.71. The molecule has 2 nitrogen and oxygen atoms in total. The van der Waals surface area contributed by atoms with Gasteiger partial charge in [-0.25, -0.2) is 4.39 Å². The van der Waals surface area contributed by atoms with Gasteiger partial charge in [0.1, 0.15) is 5.82 Å². The van der Waals surface area contributed by atoms with Crippen LogP contribution in [0.3, 0.4) is 0 Å². The van der Waals surface area contributed by atoms with Crippen LogP contribution in [0.25, 0.3) is 0 Å². The predicted molar refractivity (Wildman–Crippen MR) is 88.3 cm³/mol. The van der Waals surface area contributed by atoms with E-state index in [-0.39, 0.29) is 11.9 Å². The molecule has 2 aromatic carbocycles. The average molecular weight is 353 g/mol. The highest BCUT2D eigenvalue weighted by Gasteiger charge is 2.10. The Morgan fingerprint density at radius 3 is 2.50 bits per heavy atom. The maximum atomic E-state index is 13.5. The van der Waals surface area contributed by atoms with Gasteiger partial charge in [-0.1, -0.05) is 46.3 Å². The van der Waals surface area contributed by atoms with E-state index in [4.69, 9.17) is 12.2 Å². The molecule has 0 saturated heterocycles. The van der Waals surface area contributed by atoms with E-state index in [1.54, 1.807) is 18.2 Å². The first-order chi connectivity index (χ1) is 9.58. The fraction of sp³-hybridized carbons (Fsp3) is 0.133. The van der Waals surface area contributed by atoms with Crippen LogP contribution in [0.2, 0.25) is 0 Å². The number of para-hydroxylation sites is 1. The van der Waals surface area contributed by atoms with E-state index >= 15 is 0 Å². The van der Waals surface area contributed by atoms with Gasteiger partial charge in [0.25, 0.3) is 0 Å². The molecule has 0 aliphatic rings. The molecule has 1 atom stereocenters. The number of halogens is 2. The molecule has 0 unspecified atom stereocenters. The molecule has 0 aliphatic heterocycles. The Morgan fingerprint density at radius 2 is 1.80 bits per heavy atom. The van der Waals surface area contributed by atoms with Gasteiger partial charge in [-0.05, 0) is 42.9 Å². The lowest BCUT2D eigenvalue weighted by atomic mass is 10.1. The second-order valence-corrected chi connectivity index (χ2v) is 5.58. The van der Waals surface area contributed by atoms with Crippen molar-refractivity contribution in [2.24, 2.45) is 0 Å². The topological polar surface area (TPSA) is 24.1 Å². The van der Waals surface area contributed by atoms with Crippen molar-refractivity contribution in [3.8, 4) is 0 Å². The van der Waals surface area contributed by atoms with Gasteiger partial charge in [0.15, 0.2) is 5.11 Å². The molecular weight excluding hydrogens is 339 g/mol. The summed E-state index contributed by atoms with van der Waals surface area (Å²) in [4.78, 5) is 0. The molecule has 104 valence electrons. The summed E-state index contributed by atoms with van der Waals surface area (Å²) < 4.78 is 14.5. The van der Waals surface area contributed by atoms with Crippen LogP contribution in [0, 0.1) is 5.82 Å². The molecule has 0 aliphatic carbocycles. The average Bonchev–Trinajstić information content (AvgIpc) is 2.41. The second kappa shape index (κ2) is 6.81. The number of rotatable bonds is 3. The molecule has 2 N–H and O–H groups in total. The van der Waals surface area contributed by atoms with Gasteiger partial charge in [0.05, 0.1) is 11.7 Å². The fourth-order valence-electron chi connectivity index (χ4n) is 1.82. The van der Waals surface area contributed by atoms with Crippen molar-refractivity contribution in [1.82, 2.24) is 5.32 Å². The Balaban J connectivity index is 2.02. The van der Waals surface area contributed by atoms with E-state index in [2.05, 4.69) is 26.6 Å². The molecular formula is C15H14BrFN2S. The molecule has 0 bridgehead atoms. The highest BCUT2D eigenvalue weighted by Crippen LogP contribution is 2.23. The van der Waals surface area contributed by atoms with Gasteiger partial charge in [-0.15, -0.1) is 0 Å². The van der Waals surface area contributed by atoms with Crippen LogP contribution in [0.5, 0.6) is 0 Å². The normalized spacial score (nSPS) is 11.8. The SMILES string of the molecule is C[C@H](NC(=S)Nc1ccccc1F)c1ccccc1Br. The summed E-state index contributed by atoms with van der Waals surface area (Å²) in [5, 5.41) is 6.38. The Kier molecular flexibility index (Phi) is 5.09. The third-order valence-corrected chi connectivity index (χ3v) is 3.78. The van der Waals surface area contributed by atoms with Gasteiger partial charge in [-0.3, -0.25) is 0 Å². The number of nitrogens with one attached hydrogen (secondary N) is 2. The summed E-state index contributed by atoms with van der Waals surface area (Å²) in [6.07, 6.45) is 0. The van der Waals surface area contributed by atoms with Crippen LogP contribution < -0.4 is 10.6 Å². The first-order valence-electron chi connectivity index (χ1n) is 6.14. The van der Waals surface area contributed by atoms with Crippen LogP contribution in [0.1, 0.15) is 18.5 Å². The van der Waals surface area contributed by atoms with E-state index in [0.29, 0.717) is 10.8 Å². The zero-order valence-electron chi connectivity index (χ0n) is 10.9. The molecule has 2 rings (SSSR count). The summed E-state index contributed by atoms with van der Waals surface area (Å²) in [6, 6.07) is 14.3. The van der Waals surface area contributed by atoms with Crippen LogP contribution in [0.15, 0.2) is 53.0 Å². The zero-order valence-corrected chi connectivity index (χ0v) is 13.3. The van der Waals surface area contributed by atoms with Gasteiger partial charge < -0.3 is 10.6 Å². The van der Waals surface area contributed by atoms with Gasteiger partial charge in [-0.2, -0.15) is 0 Å². The molecule has 5 heteroatoms. The van der Waals surface area contributed by atoms with Gasteiger partial charge in [0.2, 0.25) is 0 Å². The molecule has 20 heavy (non-hydrogen) atoms. The summed E-state index contributed by atoms with van der Waals surface area (Å²) in [5.74, 6) is -0.329. The van der Waals surface area contributed by atoms with E-state index in [9.17, 15) is 4.39 Å². The van der Waals surface area contributed by atoms with Gasteiger partial charge >= 0.3 is 0 Å². The van der Waals surface area contributed by atoms with Crippen molar-refractivity contribution in [3.05, 3.63) is 64.4 Å². The number of anilines is 1. The predicted octanol–water partition coefficient (Wildman–Crippen LogP) is 4.64. The molecule has 2 aromatic rings. The molecule has 0 fully saturated rings. The first-order valence-corrected chi connectivity index (χ1v) is 7.34.